The summed E-state index contributed by atoms with van der Waals surface area (Å²) in [5.41, 5.74) is 0. The first-order chi connectivity index (χ1) is 10.8. The Morgan fingerprint density at radius 1 is 1.43 bits per heavy atom. The van der Waals surface area contributed by atoms with Crippen molar-refractivity contribution in [2.75, 3.05) is 19.8 Å². The lowest BCUT2D eigenvalue weighted by Gasteiger charge is -2.14. The molecule has 1 aliphatic heterocycles. The zero-order valence-corrected chi connectivity index (χ0v) is 13.2. The van der Waals surface area contributed by atoms with Crippen LogP contribution in [0.25, 0.3) is 0 Å². The first-order valence-electron chi connectivity index (χ1n) is 6.97. The average molecular weight is 348 g/mol. The van der Waals surface area contributed by atoms with E-state index in [0.717, 1.165) is 18.9 Å². The molecule has 1 amide bonds. The second-order valence-corrected chi connectivity index (χ2v) is 7.07. The van der Waals surface area contributed by atoms with E-state index in [1.807, 2.05) is 5.32 Å². The number of halogens is 1. The van der Waals surface area contributed by atoms with Gasteiger partial charge in [0.25, 0.3) is 5.91 Å². The Morgan fingerprint density at radius 3 is 2.57 bits per heavy atom. The van der Waals surface area contributed by atoms with Crippen molar-refractivity contribution in [3.05, 3.63) is 17.6 Å². The van der Waals surface area contributed by atoms with Crippen molar-refractivity contribution in [2.45, 2.75) is 30.7 Å². The number of sulfonamides is 1. The molecule has 1 aliphatic rings. The smallest absolute Gasteiger partial charge is 0.328 e. The molecule has 0 spiro atoms. The molecule has 2 rings (SSSR count). The largest absolute Gasteiger partial charge is 0.480 e. The maximum absolute atomic E-state index is 12.5. The zero-order chi connectivity index (χ0) is 17.2. The molecule has 0 bridgehead atoms. The number of carboxylic acid groups (broad SMARTS) is 1. The number of alkyl halides is 1. The summed E-state index contributed by atoms with van der Waals surface area (Å²) < 4.78 is 43.9. The number of nitrogens with zero attached hydrogens (tertiary/aromatic N) is 1. The zero-order valence-electron chi connectivity index (χ0n) is 12.4. The lowest BCUT2D eigenvalue weighted by atomic mass is 10.3. The van der Waals surface area contributed by atoms with Crippen LogP contribution >= 0.6 is 0 Å². The van der Waals surface area contributed by atoms with Crippen LogP contribution in [0.5, 0.6) is 0 Å². The summed E-state index contributed by atoms with van der Waals surface area (Å²) in [5.74, 6) is -2.87. The van der Waals surface area contributed by atoms with Crippen molar-refractivity contribution in [3.8, 4) is 0 Å². The number of aryl methyl sites for hydroxylation is 1. The normalized spacial score (nSPS) is 17.1. The topological polar surface area (TPSA) is 117 Å². The number of hydrogen-bond acceptors (Lipinski definition) is 5. The van der Waals surface area contributed by atoms with E-state index < -0.39 is 34.6 Å². The summed E-state index contributed by atoms with van der Waals surface area (Å²) >= 11 is 0. The molecule has 1 unspecified atom stereocenters. The van der Waals surface area contributed by atoms with Gasteiger partial charge in [-0.15, -0.1) is 0 Å². The summed E-state index contributed by atoms with van der Waals surface area (Å²) in [7, 11) is -3.76. The molecule has 8 nitrogen and oxygen atoms in total. The van der Waals surface area contributed by atoms with Gasteiger partial charge in [0.05, 0.1) is 0 Å². The van der Waals surface area contributed by atoms with Crippen molar-refractivity contribution in [1.82, 2.24) is 9.62 Å². The molecule has 0 aliphatic carbocycles. The molecular formula is C13H17FN2O6S. The lowest BCUT2D eigenvalue weighted by Crippen LogP contribution is -2.42. The molecule has 1 atom stereocenters. The van der Waals surface area contributed by atoms with Crippen molar-refractivity contribution in [1.29, 1.82) is 0 Å². The fourth-order valence-electron chi connectivity index (χ4n) is 2.30. The molecule has 10 heteroatoms. The molecule has 0 aromatic carbocycles. The van der Waals surface area contributed by atoms with Gasteiger partial charge in [-0.3, -0.25) is 4.79 Å². The van der Waals surface area contributed by atoms with Gasteiger partial charge >= 0.3 is 5.97 Å². The highest BCUT2D eigenvalue weighted by molar-refractivity contribution is 7.89. The maximum Gasteiger partial charge on any atom is 0.328 e. The Hall–Kier alpha value is -1.94. The Labute approximate surface area is 132 Å². The van der Waals surface area contributed by atoms with Crippen LogP contribution in [0.2, 0.25) is 0 Å². The second-order valence-electron chi connectivity index (χ2n) is 5.16. The Bertz CT molecular complexity index is 708. The SMILES string of the molecule is Cc1oc(C(=O)NC(CF)C(=O)O)cc1S(=O)(=O)N1CCCC1. The second kappa shape index (κ2) is 6.67. The van der Waals surface area contributed by atoms with E-state index in [0.29, 0.717) is 13.1 Å². The molecule has 1 aromatic rings. The molecular weight excluding hydrogens is 331 g/mol. The minimum atomic E-state index is -3.76. The number of hydrogen-bond donors (Lipinski definition) is 2. The van der Waals surface area contributed by atoms with Gasteiger partial charge < -0.3 is 14.8 Å². The van der Waals surface area contributed by atoms with Gasteiger partial charge in [0, 0.05) is 19.2 Å². The number of furan rings is 1. The number of carbonyl (C=O) groups excluding carboxylic acids is 1. The van der Waals surface area contributed by atoms with Crippen LogP contribution in [0, 0.1) is 6.92 Å². The van der Waals surface area contributed by atoms with Gasteiger partial charge in [-0.05, 0) is 19.8 Å². The fraction of sp³-hybridized carbons (Fsp3) is 0.538. The molecule has 128 valence electrons. The van der Waals surface area contributed by atoms with E-state index in [9.17, 15) is 22.4 Å². The number of carboxylic acids is 1. The first-order valence-corrected chi connectivity index (χ1v) is 8.41. The molecule has 0 saturated carbocycles. The Balaban J connectivity index is 2.24. The Morgan fingerprint density at radius 2 is 2.04 bits per heavy atom. The van der Waals surface area contributed by atoms with Crippen LogP contribution < -0.4 is 5.32 Å². The van der Waals surface area contributed by atoms with E-state index in [1.54, 1.807) is 0 Å². The molecule has 1 saturated heterocycles. The molecule has 23 heavy (non-hydrogen) atoms. The van der Waals surface area contributed by atoms with Crippen molar-refractivity contribution >= 4 is 21.9 Å². The Kier molecular flexibility index (Phi) is 5.05. The van der Waals surface area contributed by atoms with Gasteiger partial charge in [0.2, 0.25) is 10.0 Å². The molecule has 1 fully saturated rings. The first kappa shape index (κ1) is 17.4. The van der Waals surface area contributed by atoms with E-state index in [1.165, 1.54) is 11.2 Å². The number of amides is 1. The fourth-order valence-corrected chi connectivity index (χ4v) is 3.97. The van der Waals surface area contributed by atoms with Gasteiger partial charge in [-0.25, -0.2) is 17.6 Å². The highest BCUT2D eigenvalue weighted by Gasteiger charge is 2.32. The van der Waals surface area contributed by atoms with Crippen LogP contribution in [0.4, 0.5) is 4.39 Å². The summed E-state index contributed by atoms with van der Waals surface area (Å²) in [6.45, 7) is 0.901. The van der Waals surface area contributed by atoms with Crippen LogP contribution in [-0.4, -0.2) is 55.5 Å². The quantitative estimate of drug-likeness (QED) is 0.774. The molecule has 0 radical (unpaired) electrons. The van der Waals surface area contributed by atoms with Gasteiger partial charge in [0.15, 0.2) is 11.8 Å². The third-order valence-electron chi connectivity index (χ3n) is 3.54. The summed E-state index contributed by atoms with van der Waals surface area (Å²) in [6, 6.07) is -0.679. The minimum Gasteiger partial charge on any atom is -0.480 e. The van der Waals surface area contributed by atoms with Crippen LogP contribution in [0.15, 0.2) is 15.4 Å². The summed E-state index contributed by atoms with van der Waals surface area (Å²) in [4.78, 5) is 22.5. The highest BCUT2D eigenvalue weighted by atomic mass is 32.2. The third kappa shape index (κ3) is 3.53. The maximum atomic E-state index is 12.5. The van der Waals surface area contributed by atoms with Gasteiger partial charge in [-0.2, -0.15) is 4.31 Å². The third-order valence-corrected chi connectivity index (χ3v) is 5.54. The van der Waals surface area contributed by atoms with Crippen LogP contribution in [-0.2, 0) is 14.8 Å². The number of rotatable bonds is 6. The van der Waals surface area contributed by atoms with Crippen LogP contribution in [0.1, 0.15) is 29.2 Å². The molecule has 2 heterocycles. The lowest BCUT2D eigenvalue weighted by molar-refractivity contribution is -0.139. The van der Waals surface area contributed by atoms with Crippen molar-refractivity contribution < 1.29 is 31.9 Å². The van der Waals surface area contributed by atoms with Gasteiger partial charge in [0.1, 0.15) is 17.3 Å². The molecule has 1 aromatic heterocycles. The number of carbonyl (C=O) groups is 2. The van der Waals surface area contributed by atoms with E-state index in [4.69, 9.17) is 9.52 Å². The minimum absolute atomic E-state index is 0.0224. The van der Waals surface area contributed by atoms with Crippen molar-refractivity contribution in [3.63, 3.8) is 0 Å². The van der Waals surface area contributed by atoms with E-state index in [-0.39, 0.29) is 16.4 Å². The summed E-state index contributed by atoms with van der Waals surface area (Å²) in [5, 5.41) is 10.6. The van der Waals surface area contributed by atoms with E-state index in [2.05, 4.69) is 0 Å². The predicted molar refractivity (Wildman–Crippen MR) is 76.3 cm³/mol. The number of aliphatic carboxylic acids is 1. The van der Waals surface area contributed by atoms with Gasteiger partial charge in [-0.1, -0.05) is 0 Å². The number of nitrogens with one attached hydrogen (secondary N) is 1. The predicted octanol–water partition coefficient (Wildman–Crippen LogP) is 0.525. The molecule has 2 N–H and O–H groups in total. The highest BCUT2D eigenvalue weighted by Crippen LogP contribution is 2.26. The van der Waals surface area contributed by atoms with Crippen LogP contribution in [0.3, 0.4) is 0 Å². The standard InChI is InChI=1S/C13H17FN2O6S/c1-8-11(23(20,21)16-4-2-3-5-16)6-10(22-8)12(17)15-9(7-14)13(18)19/h6,9H,2-5,7H2,1H3,(H,15,17)(H,18,19). The summed E-state index contributed by atoms with van der Waals surface area (Å²) in [6.07, 6.45) is 1.53. The van der Waals surface area contributed by atoms with E-state index >= 15 is 0 Å². The average Bonchev–Trinajstić information content (AvgIpc) is 3.13. The van der Waals surface area contributed by atoms with Crippen molar-refractivity contribution in [2.24, 2.45) is 0 Å². The monoisotopic (exact) mass is 348 g/mol.